The number of aromatic nitrogens is 1. The molecule has 18 heavy (non-hydrogen) atoms. The second-order valence-corrected chi connectivity index (χ2v) is 3.76. The van der Waals surface area contributed by atoms with E-state index in [1.807, 2.05) is 43.3 Å². The summed E-state index contributed by atoms with van der Waals surface area (Å²) >= 11 is 0. The van der Waals surface area contributed by atoms with Crippen LogP contribution in [0.5, 0.6) is 0 Å². The Bertz CT molecular complexity index is 648. The molecular weight excluding hydrogens is 224 g/mol. The van der Waals surface area contributed by atoms with Crippen molar-refractivity contribution in [3.05, 3.63) is 47.5 Å². The molecule has 4 nitrogen and oxygen atoms in total. The van der Waals surface area contributed by atoms with Crippen molar-refractivity contribution in [3.63, 3.8) is 0 Å². The zero-order chi connectivity index (χ0) is 13.0. The lowest BCUT2D eigenvalue weighted by Crippen LogP contribution is -1.99. The molecule has 0 saturated carbocycles. The second kappa shape index (κ2) is 4.99. The Morgan fingerprint density at radius 1 is 1.17 bits per heavy atom. The van der Waals surface area contributed by atoms with Crippen LogP contribution in [0.25, 0.3) is 11.3 Å². The quantitative estimate of drug-likeness (QED) is 0.640. The van der Waals surface area contributed by atoms with Crippen molar-refractivity contribution in [2.24, 2.45) is 0 Å². The molecule has 0 bridgehead atoms. The molecule has 2 rings (SSSR count). The van der Waals surface area contributed by atoms with Gasteiger partial charge in [0.25, 0.3) is 0 Å². The maximum absolute atomic E-state index is 8.99. The highest BCUT2D eigenvalue weighted by atomic mass is 15.0. The highest BCUT2D eigenvalue weighted by Gasteiger charge is 2.10. The lowest BCUT2D eigenvalue weighted by atomic mass is 10.0. The van der Waals surface area contributed by atoms with Gasteiger partial charge in [0.1, 0.15) is 6.07 Å². The minimum atomic E-state index is 0.296. The van der Waals surface area contributed by atoms with Gasteiger partial charge in [0.05, 0.1) is 11.3 Å². The average molecular weight is 234 g/mol. The van der Waals surface area contributed by atoms with Crippen LogP contribution in [0.2, 0.25) is 0 Å². The van der Waals surface area contributed by atoms with Crippen molar-refractivity contribution in [2.45, 2.75) is 6.92 Å². The average Bonchev–Trinajstić information content (AvgIpc) is 2.41. The Labute approximate surface area is 105 Å². The van der Waals surface area contributed by atoms with Gasteiger partial charge in [-0.3, -0.25) is 5.32 Å². The van der Waals surface area contributed by atoms with Crippen molar-refractivity contribution >= 4 is 5.82 Å². The summed E-state index contributed by atoms with van der Waals surface area (Å²) in [6.45, 7) is 1.90. The van der Waals surface area contributed by atoms with Gasteiger partial charge in [-0.2, -0.15) is 10.5 Å². The third-order valence-corrected chi connectivity index (χ3v) is 2.56. The molecule has 1 aromatic carbocycles. The molecule has 4 heteroatoms. The van der Waals surface area contributed by atoms with Crippen molar-refractivity contribution < 1.29 is 0 Å². The van der Waals surface area contributed by atoms with E-state index in [-0.39, 0.29) is 0 Å². The molecule has 0 fully saturated rings. The largest absolute Gasteiger partial charge is 0.276 e. The Kier molecular flexibility index (Phi) is 3.22. The van der Waals surface area contributed by atoms with E-state index in [4.69, 9.17) is 10.5 Å². The highest BCUT2D eigenvalue weighted by Crippen LogP contribution is 2.25. The molecule has 0 spiro atoms. The monoisotopic (exact) mass is 234 g/mol. The van der Waals surface area contributed by atoms with Crippen LogP contribution >= 0.6 is 0 Å². The van der Waals surface area contributed by atoms with Crippen molar-refractivity contribution in [3.8, 4) is 23.5 Å². The van der Waals surface area contributed by atoms with E-state index in [1.165, 1.54) is 0 Å². The van der Waals surface area contributed by atoms with Crippen LogP contribution in [0.15, 0.2) is 36.4 Å². The SMILES string of the molecule is Cc1cc(C#N)c(NC#N)nc1-c1ccccc1. The number of nitrogens with one attached hydrogen (secondary N) is 1. The molecule has 0 aliphatic rings. The summed E-state index contributed by atoms with van der Waals surface area (Å²) in [6, 6.07) is 13.4. The van der Waals surface area contributed by atoms with E-state index in [0.29, 0.717) is 11.4 Å². The van der Waals surface area contributed by atoms with E-state index < -0.39 is 0 Å². The summed E-state index contributed by atoms with van der Waals surface area (Å²) in [5.41, 5.74) is 3.00. The second-order valence-electron chi connectivity index (χ2n) is 3.76. The zero-order valence-corrected chi connectivity index (χ0v) is 9.81. The van der Waals surface area contributed by atoms with Crippen LogP contribution in [-0.2, 0) is 0 Å². The van der Waals surface area contributed by atoms with Crippen LogP contribution in [0.4, 0.5) is 5.82 Å². The number of nitrogens with zero attached hydrogens (tertiary/aromatic N) is 3. The Balaban J connectivity index is 2.60. The van der Waals surface area contributed by atoms with Crippen molar-refractivity contribution in [1.29, 1.82) is 10.5 Å². The van der Waals surface area contributed by atoms with Crippen LogP contribution < -0.4 is 5.32 Å². The molecule has 0 aliphatic heterocycles. The van der Waals surface area contributed by atoms with Crippen LogP contribution in [0.1, 0.15) is 11.1 Å². The topological polar surface area (TPSA) is 72.5 Å². The van der Waals surface area contributed by atoms with Crippen LogP contribution in [0, 0.1) is 29.7 Å². The molecule has 1 heterocycles. The van der Waals surface area contributed by atoms with E-state index in [0.717, 1.165) is 16.8 Å². The molecule has 0 radical (unpaired) electrons. The van der Waals surface area contributed by atoms with E-state index in [1.54, 1.807) is 12.3 Å². The van der Waals surface area contributed by atoms with Crippen LogP contribution in [-0.4, -0.2) is 4.98 Å². The standard InChI is InChI=1S/C14H10N4/c1-10-7-12(8-15)14(17-9-16)18-13(10)11-5-3-2-4-6-11/h2-7H,1H3,(H,17,18). The number of anilines is 1. The maximum Gasteiger partial charge on any atom is 0.182 e. The van der Waals surface area contributed by atoms with E-state index in [2.05, 4.69) is 10.3 Å². The van der Waals surface area contributed by atoms with Gasteiger partial charge in [0.2, 0.25) is 0 Å². The number of aryl methyl sites for hydroxylation is 1. The summed E-state index contributed by atoms with van der Waals surface area (Å²) in [6.07, 6.45) is 1.79. The molecule has 0 aliphatic carbocycles. The highest BCUT2D eigenvalue weighted by molar-refractivity contribution is 5.68. The summed E-state index contributed by atoms with van der Waals surface area (Å²) in [5.74, 6) is 0.296. The summed E-state index contributed by atoms with van der Waals surface area (Å²) < 4.78 is 0. The van der Waals surface area contributed by atoms with Gasteiger partial charge in [0, 0.05) is 5.56 Å². The molecule has 0 saturated heterocycles. The van der Waals surface area contributed by atoms with Gasteiger partial charge >= 0.3 is 0 Å². The van der Waals surface area contributed by atoms with Crippen LogP contribution in [0.3, 0.4) is 0 Å². The van der Waals surface area contributed by atoms with Gasteiger partial charge in [-0.1, -0.05) is 30.3 Å². The number of hydrogen-bond donors (Lipinski definition) is 1. The molecular formula is C14H10N4. The Hall–Kier alpha value is -2.85. The lowest BCUT2D eigenvalue weighted by molar-refractivity contribution is 1.24. The predicted octanol–water partition coefficient (Wildman–Crippen LogP) is 2.82. The lowest BCUT2D eigenvalue weighted by Gasteiger charge is -2.08. The third kappa shape index (κ3) is 2.14. The Morgan fingerprint density at radius 3 is 2.50 bits per heavy atom. The van der Waals surface area contributed by atoms with Gasteiger partial charge in [-0.25, -0.2) is 4.98 Å². The summed E-state index contributed by atoms with van der Waals surface area (Å²) in [5, 5.41) is 20.1. The first-order chi connectivity index (χ1) is 8.76. The fourth-order valence-electron chi connectivity index (χ4n) is 1.74. The molecule has 2 aromatic rings. The predicted molar refractivity (Wildman–Crippen MR) is 68.4 cm³/mol. The number of nitriles is 2. The number of hydrogen-bond acceptors (Lipinski definition) is 4. The smallest absolute Gasteiger partial charge is 0.182 e. The molecule has 0 amide bonds. The summed E-state index contributed by atoms with van der Waals surface area (Å²) in [7, 11) is 0. The minimum absolute atomic E-state index is 0.296. The summed E-state index contributed by atoms with van der Waals surface area (Å²) in [4.78, 5) is 4.35. The normalized spacial score (nSPS) is 9.28. The first-order valence-corrected chi connectivity index (χ1v) is 5.38. The zero-order valence-electron chi connectivity index (χ0n) is 9.81. The number of rotatable bonds is 2. The van der Waals surface area contributed by atoms with Crippen molar-refractivity contribution in [1.82, 2.24) is 4.98 Å². The van der Waals surface area contributed by atoms with Gasteiger partial charge in [-0.15, -0.1) is 0 Å². The first kappa shape index (κ1) is 11.6. The van der Waals surface area contributed by atoms with E-state index in [9.17, 15) is 0 Å². The molecule has 86 valence electrons. The number of benzene rings is 1. The molecule has 0 unspecified atom stereocenters. The third-order valence-electron chi connectivity index (χ3n) is 2.56. The van der Waals surface area contributed by atoms with Gasteiger partial charge in [0.15, 0.2) is 12.0 Å². The van der Waals surface area contributed by atoms with E-state index >= 15 is 0 Å². The molecule has 1 N–H and O–H groups in total. The van der Waals surface area contributed by atoms with Crippen molar-refractivity contribution in [2.75, 3.05) is 5.32 Å². The van der Waals surface area contributed by atoms with Gasteiger partial charge < -0.3 is 0 Å². The maximum atomic E-state index is 8.99. The first-order valence-electron chi connectivity index (χ1n) is 5.38. The fourth-order valence-corrected chi connectivity index (χ4v) is 1.74. The number of pyridine rings is 1. The molecule has 0 atom stereocenters. The minimum Gasteiger partial charge on any atom is -0.276 e. The molecule has 1 aromatic heterocycles. The van der Waals surface area contributed by atoms with Gasteiger partial charge in [-0.05, 0) is 18.6 Å². The Morgan fingerprint density at radius 2 is 1.89 bits per heavy atom. The fraction of sp³-hybridized carbons (Fsp3) is 0.0714.